The minimum absolute atomic E-state index is 0.235. The fourth-order valence-electron chi connectivity index (χ4n) is 2.99. The molecule has 5 heteroatoms. The second kappa shape index (κ2) is 9.19. The van der Waals surface area contributed by atoms with Gasteiger partial charge in [0.2, 0.25) is 0 Å². The molecule has 1 amide bonds. The molecule has 1 N–H and O–H groups in total. The number of furan rings is 1. The summed E-state index contributed by atoms with van der Waals surface area (Å²) in [6.07, 6.45) is 0.960. The Labute approximate surface area is 176 Å². The number of aryl methyl sites for hydroxylation is 2. The van der Waals surface area contributed by atoms with Gasteiger partial charge in [-0.15, -0.1) is 0 Å². The highest BCUT2D eigenvalue weighted by Gasteiger charge is 2.14. The predicted octanol–water partition coefficient (Wildman–Crippen LogP) is 6.76. The van der Waals surface area contributed by atoms with Gasteiger partial charge in [0.15, 0.2) is 5.76 Å². The van der Waals surface area contributed by atoms with E-state index in [0.29, 0.717) is 5.76 Å². The summed E-state index contributed by atoms with van der Waals surface area (Å²) in [6, 6.07) is 15.1. The SMILES string of the molecule is CCc1ccc(NC(=O)c2ccc(COc3cc(C)c(Cl)cc3C(C)C)o2)cc1. The van der Waals surface area contributed by atoms with E-state index in [-0.39, 0.29) is 24.2 Å². The van der Waals surface area contributed by atoms with Crippen molar-refractivity contribution in [3.63, 3.8) is 0 Å². The molecule has 3 aromatic rings. The van der Waals surface area contributed by atoms with Crippen LogP contribution in [0.25, 0.3) is 0 Å². The summed E-state index contributed by atoms with van der Waals surface area (Å²) in [6.45, 7) is 8.46. The van der Waals surface area contributed by atoms with Crippen molar-refractivity contribution in [1.29, 1.82) is 0 Å². The number of ether oxygens (including phenoxy) is 1. The maximum atomic E-state index is 12.4. The smallest absolute Gasteiger partial charge is 0.291 e. The summed E-state index contributed by atoms with van der Waals surface area (Å²) in [5.41, 5.74) is 3.96. The Morgan fingerprint density at radius 2 is 1.86 bits per heavy atom. The third-order valence-corrected chi connectivity index (χ3v) is 5.20. The largest absolute Gasteiger partial charge is 0.485 e. The van der Waals surface area contributed by atoms with Gasteiger partial charge in [0.1, 0.15) is 18.1 Å². The van der Waals surface area contributed by atoms with Gasteiger partial charge in [-0.05, 0) is 72.4 Å². The van der Waals surface area contributed by atoms with Crippen LogP contribution in [-0.4, -0.2) is 5.91 Å². The van der Waals surface area contributed by atoms with Crippen LogP contribution < -0.4 is 10.1 Å². The monoisotopic (exact) mass is 411 g/mol. The van der Waals surface area contributed by atoms with E-state index in [1.807, 2.05) is 43.3 Å². The van der Waals surface area contributed by atoms with Crippen molar-refractivity contribution in [1.82, 2.24) is 0 Å². The lowest BCUT2D eigenvalue weighted by Crippen LogP contribution is -2.10. The Morgan fingerprint density at radius 3 is 2.52 bits per heavy atom. The van der Waals surface area contributed by atoms with Crippen LogP contribution in [0.15, 0.2) is 52.9 Å². The molecule has 0 bridgehead atoms. The molecule has 1 aromatic heterocycles. The van der Waals surface area contributed by atoms with Crippen molar-refractivity contribution >= 4 is 23.2 Å². The van der Waals surface area contributed by atoms with E-state index in [1.54, 1.807) is 12.1 Å². The van der Waals surface area contributed by atoms with Gasteiger partial charge in [-0.1, -0.05) is 44.5 Å². The molecule has 3 rings (SSSR count). The zero-order valence-electron chi connectivity index (χ0n) is 17.2. The molecule has 0 unspecified atom stereocenters. The maximum Gasteiger partial charge on any atom is 0.291 e. The van der Waals surface area contributed by atoms with Crippen molar-refractivity contribution in [2.24, 2.45) is 0 Å². The highest BCUT2D eigenvalue weighted by atomic mass is 35.5. The number of halogens is 1. The fourth-order valence-corrected chi connectivity index (χ4v) is 3.16. The van der Waals surface area contributed by atoms with Crippen LogP contribution >= 0.6 is 11.6 Å². The molecule has 2 aromatic carbocycles. The summed E-state index contributed by atoms with van der Waals surface area (Å²) < 4.78 is 11.6. The van der Waals surface area contributed by atoms with Gasteiger partial charge in [0, 0.05) is 10.7 Å². The normalized spacial score (nSPS) is 11.0. The van der Waals surface area contributed by atoms with Crippen LogP contribution in [0.5, 0.6) is 5.75 Å². The minimum Gasteiger partial charge on any atom is -0.485 e. The Balaban J connectivity index is 1.66. The molecule has 0 radical (unpaired) electrons. The Hall–Kier alpha value is -2.72. The topological polar surface area (TPSA) is 51.5 Å². The first kappa shape index (κ1) is 21.0. The average molecular weight is 412 g/mol. The number of amides is 1. The first-order chi connectivity index (χ1) is 13.9. The van der Waals surface area contributed by atoms with Gasteiger partial charge >= 0.3 is 0 Å². The van der Waals surface area contributed by atoms with Crippen LogP contribution in [-0.2, 0) is 13.0 Å². The van der Waals surface area contributed by atoms with Crippen molar-refractivity contribution in [2.45, 2.75) is 46.6 Å². The van der Waals surface area contributed by atoms with Crippen LogP contribution in [0.2, 0.25) is 5.02 Å². The summed E-state index contributed by atoms with van der Waals surface area (Å²) in [4.78, 5) is 12.4. The van der Waals surface area contributed by atoms with E-state index in [1.165, 1.54) is 5.56 Å². The molecule has 1 heterocycles. The molecule has 4 nitrogen and oxygen atoms in total. The molecule has 0 spiro atoms. The third-order valence-electron chi connectivity index (χ3n) is 4.79. The summed E-state index contributed by atoms with van der Waals surface area (Å²) >= 11 is 6.25. The third kappa shape index (κ3) is 5.21. The van der Waals surface area contributed by atoms with Gasteiger partial charge in [-0.25, -0.2) is 0 Å². The quantitative estimate of drug-likeness (QED) is 0.467. The van der Waals surface area contributed by atoms with E-state index < -0.39 is 0 Å². The molecule has 0 aliphatic rings. The molecule has 29 heavy (non-hydrogen) atoms. The molecule has 0 saturated carbocycles. The second-order valence-corrected chi connectivity index (χ2v) is 7.76. The molecule has 0 atom stereocenters. The highest BCUT2D eigenvalue weighted by molar-refractivity contribution is 6.31. The lowest BCUT2D eigenvalue weighted by molar-refractivity contribution is 0.0992. The number of rotatable bonds is 7. The average Bonchev–Trinajstić information content (AvgIpc) is 3.18. The van der Waals surface area contributed by atoms with Gasteiger partial charge in [-0.2, -0.15) is 0 Å². The molecule has 0 aliphatic heterocycles. The Morgan fingerprint density at radius 1 is 1.14 bits per heavy atom. The molecule has 0 fully saturated rings. The van der Waals surface area contributed by atoms with Crippen LogP contribution in [0.1, 0.15) is 59.7 Å². The molecule has 0 aliphatic carbocycles. The van der Waals surface area contributed by atoms with Crippen molar-refractivity contribution in [3.8, 4) is 5.75 Å². The van der Waals surface area contributed by atoms with Gasteiger partial charge in [0.25, 0.3) is 5.91 Å². The fraction of sp³-hybridized carbons (Fsp3) is 0.292. The standard InChI is InChI=1S/C24H26ClNO3/c1-5-17-6-8-18(9-7-17)26-24(27)22-11-10-19(29-22)14-28-23-12-16(4)21(25)13-20(23)15(2)3/h6-13,15H,5,14H2,1-4H3,(H,26,27). The first-order valence-corrected chi connectivity index (χ1v) is 10.2. The van der Waals surface area contributed by atoms with Gasteiger partial charge in [0.05, 0.1) is 0 Å². The second-order valence-electron chi connectivity index (χ2n) is 7.35. The van der Waals surface area contributed by atoms with Gasteiger partial charge in [-0.3, -0.25) is 4.79 Å². The molecule has 0 saturated heterocycles. The summed E-state index contributed by atoms with van der Waals surface area (Å²) in [5.74, 6) is 1.60. The minimum atomic E-state index is -0.286. The number of benzene rings is 2. The zero-order chi connectivity index (χ0) is 21.0. The van der Waals surface area contributed by atoms with Gasteiger partial charge < -0.3 is 14.5 Å². The Bertz CT molecular complexity index is 990. The highest BCUT2D eigenvalue weighted by Crippen LogP contribution is 2.32. The number of anilines is 1. The van der Waals surface area contributed by atoms with E-state index in [0.717, 1.165) is 34.0 Å². The van der Waals surface area contributed by atoms with E-state index in [2.05, 4.69) is 26.1 Å². The number of carbonyl (C=O) groups excluding carboxylic acids is 1. The number of hydrogen-bond acceptors (Lipinski definition) is 3. The van der Waals surface area contributed by atoms with Crippen LogP contribution in [0, 0.1) is 6.92 Å². The number of nitrogens with one attached hydrogen (secondary N) is 1. The maximum absolute atomic E-state index is 12.4. The number of hydrogen-bond donors (Lipinski definition) is 1. The van der Waals surface area contributed by atoms with Crippen molar-refractivity contribution in [3.05, 3.63) is 81.8 Å². The number of carbonyl (C=O) groups is 1. The lowest BCUT2D eigenvalue weighted by atomic mass is 10.0. The lowest BCUT2D eigenvalue weighted by Gasteiger charge is -2.15. The molecule has 152 valence electrons. The summed E-state index contributed by atoms with van der Waals surface area (Å²) in [7, 11) is 0. The van der Waals surface area contributed by atoms with Crippen LogP contribution in [0.3, 0.4) is 0 Å². The van der Waals surface area contributed by atoms with E-state index in [4.69, 9.17) is 20.8 Å². The van der Waals surface area contributed by atoms with Crippen LogP contribution in [0.4, 0.5) is 5.69 Å². The van der Waals surface area contributed by atoms with Crippen molar-refractivity contribution < 1.29 is 13.9 Å². The molecular formula is C24H26ClNO3. The predicted molar refractivity (Wildman–Crippen MR) is 117 cm³/mol. The first-order valence-electron chi connectivity index (χ1n) is 9.79. The zero-order valence-corrected chi connectivity index (χ0v) is 18.0. The summed E-state index contributed by atoms with van der Waals surface area (Å²) in [5, 5.41) is 3.57. The van der Waals surface area contributed by atoms with Crippen molar-refractivity contribution in [2.75, 3.05) is 5.32 Å². The van der Waals surface area contributed by atoms with E-state index in [9.17, 15) is 4.79 Å². The van der Waals surface area contributed by atoms with E-state index >= 15 is 0 Å². The molecular weight excluding hydrogens is 386 g/mol. The Kier molecular flexibility index (Phi) is 6.65.